The summed E-state index contributed by atoms with van der Waals surface area (Å²) in [5, 5.41) is 0.587. The molecule has 0 bridgehead atoms. The van der Waals surface area contributed by atoms with Gasteiger partial charge in [-0.3, -0.25) is 4.57 Å². The molecule has 21 heavy (non-hydrogen) atoms. The second kappa shape index (κ2) is 5.66. The second-order valence-electron chi connectivity index (χ2n) is 4.79. The molecular weight excluding hydrogens is 310 g/mol. The number of aryl methyl sites for hydroxylation is 1. The predicted molar refractivity (Wildman–Crippen MR) is 85.2 cm³/mol. The first-order valence-corrected chi connectivity index (χ1v) is 7.52. The topological polar surface area (TPSA) is 17.8 Å². The van der Waals surface area contributed by atoms with Crippen molar-refractivity contribution in [3.8, 4) is 5.69 Å². The maximum atomic E-state index is 13.9. The number of imidazole rings is 1. The molecule has 1 aromatic heterocycles. The molecule has 0 saturated heterocycles. The van der Waals surface area contributed by atoms with Crippen LogP contribution < -0.4 is 0 Å². The summed E-state index contributed by atoms with van der Waals surface area (Å²) in [6.07, 6.45) is 0.586. The van der Waals surface area contributed by atoms with Crippen molar-refractivity contribution in [2.45, 2.75) is 13.3 Å². The van der Waals surface area contributed by atoms with Crippen molar-refractivity contribution in [2.75, 3.05) is 5.88 Å². The maximum Gasteiger partial charge on any atom is 0.128 e. The van der Waals surface area contributed by atoms with Crippen molar-refractivity contribution in [2.24, 2.45) is 0 Å². The molecule has 0 aliphatic carbocycles. The highest BCUT2D eigenvalue weighted by molar-refractivity contribution is 6.35. The third-order valence-electron chi connectivity index (χ3n) is 3.49. The van der Waals surface area contributed by atoms with Crippen molar-refractivity contribution >= 4 is 34.2 Å². The predicted octanol–water partition coefficient (Wildman–Crippen LogP) is 4.91. The van der Waals surface area contributed by atoms with Gasteiger partial charge in [0, 0.05) is 17.9 Å². The van der Waals surface area contributed by atoms with Gasteiger partial charge in [0.2, 0.25) is 0 Å². The molecule has 0 N–H and O–H groups in total. The van der Waals surface area contributed by atoms with Crippen molar-refractivity contribution in [1.29, 1.82) is 0 Å². The van der Waals surface area contributed by atoms with E-state index in [9.17, 15) is 4.39 Å². The van der Waals surface area contributed by atoms with Crippen LogP contribution in [0, 0.1) is 12.7 Å². The summed E-state index contributed by atoms with van der Waals surface area (Å²) in [4.78, 5) is 4.58. The lowest BCUT2D eigenvalue weighted by Gasteiger charge is -2.12. The molecule has 2 aromatic carbocycles. The number of nitrogens with zero attached hydrogens (tertiary/aromatic N) is 2. The first-order chi connectivity index (χ1) is 10.1. The summed E-state index contributed by atoms with van der Waals surface area (Å²) in [5.41, 5.74) is 2.87. The Hall–Kier alpha value is -1.58. The zero-order chi connectivity index (χ0) is 15.0. The van der Waals surface area contributed by atoms with Crippen LogP contribution in [-0.2, 0) is 6.42 Å². The third kappa shape index (κ3) is 2.41. The second-order valence-corrected chi connectivity index (χ2v) is 5.58. The fourth-order valence-corrected chi connectivity index (χ4v) is 2.91. The number of hydrogen-bond donors (Lipinski definition) is 0. The Kier molecular flexibility index (Phi) is 3.87. The Morgan fingerprint density at radius 1 is 1.19 bits per heavy atom. The first kappa shape index (κ1) is 14.4. The van der Waals surface area contributed by atoms with E-state index in [1.807, 2.05) is 22.8 Å². The van der Waals surface area contributed by atoms with Crippen LogP contribution in [0.3, 0.4) is 0 Å². The van der Waals surface area contributed by atoms with Gasteiger partial charge in [0.15, 0.2) is 0 Å². The molecule has 0 saturated carbocycles. The highest BCUT2D eigenvalue weighted by atomic mass is 35.5. The minimum atomic E-state index is -0.252. The Morgan fingerprint density at radius 2 is 1.95 bits per heavy atom. The molecule has 5 heteroatoms. The number of para-hydroxylation sites is 1. The Morgan fingerprint density at radius 3 is 2.71 bits per heavy atom. The number of hydrogen-bond acceptors (Lipinski definition) is 1. The highest BCUT2D eigenvalue weighted by Crippen LogP contribution is 2.30. The van der Waals surface area contributed by atoms with E-state index in [0.717, 1.165) is 22.5 Å². The van der Waals surface area contributed by atoms with Crippen molar-refractivity contribution in [3.63, 3.8) is 0 Å². The average molecular weight is 323 g/mol. The monoisotopic (exact) mass is 322 g/mol. The molecule has 0 unspecified atom stereocenters. The van der Waals surface area contributed by atoms with E-state index in [1.54, 1.807) is 19.1 Å². The molecule has 3 aromatic rings. The van der Waals surface area contributed by atoms with Gasteiger partial charge in [-0.05, 0) is 31.2 Å². The van der Waals surface area contributed by atoms with Gasteiger partial charge < -0.3 is 0 Å². The van der Waals surface area contributed by atoms with E-state index in [0.29, 0.717) is 22.9 Å². The van der Waals surface area contributed by atoms with Gasteiger partial charge in [0.05, 0.1) is 21.7 Å². The fourth-order valence-electron chi connectivity index (χ4n) is 2.48. The van der Waals surface area contributed by atoms with E-state index in [2.05, 4.69) is 4.98 Å². The standard InChI is InChI=1S/C16H13Cl2FN2/c1-10-12(19)5-3-7-14(10)21-15(8-9-17)20-13-6-2-4-11(18)16(13)21/h2-7H,8-9H2,1H3. The SMILES string of the molecule is Cc1c(F)cccc1-n1c(CCCl)nc2cccc(Cl)c21. The molecule has 0 aliphatic heterocycles. The lowest BCUT2D eigenvalue weighted by molar-refractivity contribution is 0.616. The first-order valence-electron chi connectivity index (χ1n) is 6.60. The van der Waals surface area contributed by atoms with E-state index in [-0.39, 0.29) is 5.82 Å². The molecule has 108 valence electrons. The lowest BCUT2D eigenvalue weighted by Crippen LogP contribution is -2.05. The quantitative estimate of drug-likeness (QED) is 0.626. The summed E-state index contributed by atoms with van der Waals surface area (Å²) in [5.74, 6) is 0.968. The van der Waals surface area contributed by atoms with Gasteiger partial charge in [0.1, 0.15) is 11.6 Å². The van der Waals surface area contributed by atoms with Crippen LogP contribution in [0.2, 0.25) is 5.02 Å². The molecule has 3 rings (SSSR count). The van der Waals surface area contributed by atoms with Gasteiger partial charge in [-0.2, -0.15) is 0 Å². The number of benzene rings is 2. The van der Waals surface area contributed by atoms with Crippen molar-refractivity contribution in [1.82, 2.24) is 9.55 Å². The minimum Gasteiger partial charge on any atom is -0.294 e. The molecule has 0 fully saturated rings. The van der Waals surface area contributed by atoms with Crippen molar-refractivity contribution in [3.05, 3.63) is 58.6 Å². The molecule has 2 nitrogen and oxygen atoms in total. The minimum absolute atomic E-state index is 0.252. The lowest BCUT2D eigenvalue weighted by atomic mass is 10.1. The van der Waals surface area contributed by atoms with E-state index in [1.165, 1.54) is 6.07 Å². The third-order valence-corrected chi connectivity index (χ3v) is 3.99. The average Bonchev–Trinajstić information content (AvgIpc) is 2.82. The number of aromatic nitrogens is 2. The van der Waals surface area contributed by atoms with Crippen LogP contribution in [-0.4, -0.2) is 15.4 Å². The van der Waals surface area contributed by atoms with Gasteiger partial charge in [-0.1, -0.05) is 23.7 Å². The zero-order valence-corrected chi connectivity index (χ0v) is 12.9. The molecule has 0 amide bonds. The molecule has 1 heterocycles. The molecule has 0 atom stereocenters. The van der Waals surface area contributed by atoms with Crippen LogP contribution in [0.4, 0.5) is 4.39 Å². The number of halogens is 3. The summed E-state index contributed by atoms with van der Waals surface area (Å²) >= 11 is 12.2. The molecular formula is C16H13Cl2FN2. The van der Waals surface area contributed by atoms with Crippen LogP contribution in [0.1, 0.15) is 11.4 Å². The molecule has 0 radical (unpaired) electrons. The van der Waals surface area contributed by atoms with Crippen LogP contribution in [0.25, 0.3) is 16.7 Å². The number of fused-ring (bicyclic) bond motifs is 1. The smallest absolute Gasteiger partial charge is 0.128 e. The Bertz CT molecular complexity index is 811. The Labute approximate surface area is 132 Å². The molecule has 0 spiro atoms. The van der Waals surface area contributed by atoms with Crippen molar-refractivity contribution < 1.29 is 4.39 Å². The zero-order valence-electron chi connectivity index (χ0n) is 11.4. The summed E-state index contributed by atoms with van der Waals surface area (Å²) in [7, 11) is 0. The summed E-state index contributed by atoms with van der Waals surface area (Å²) < 4.78 is 15.8. The fraction of sp³-hybridized carbons (Fsp3) is 0.188. The van der Waals surface area contributed by atoms with Gasteiger partial charge in [0.25, 0.3) is 0 Å². The number of rotatable bonds is 3. The normalized spacial score (nSPS) is 11.2. The highest BCUT2D eigenvalue weighted by Gasteiger charge is 2.17. The van der Waals surface area contributed by atoms with E-state index in [4.69, 9.17) is 23.2 Å². The van der Waals surface area contributed by atoms with Crippen LogP contribution in [0.15, 0.2) is 36.4 Å². The largest absolute Gasteiger partial charge is 0.294 e. The van der Waals surface area contributed by atoms with Crippen LogP contribution >= 0.6 is 23.2 Å². The van der Waals surface area contributed by atoms with Crippen LogP contribution in [0.5, 0.6) is 0 Å². The van der Waals surface area contributed by atoms with Gasteiger partial charge in [-0.15, -0.1) is 11.6 Å². The summed E-state index contributed by atoms with van der Waals surface area (Å²) in [6.45, 7) is 1.75. The summed E-state index contributed by atoms with van der Waals surface area (Å²) in [6, 6.07) is 10.5. The van der Waals surface area contributed by atoms with E-state index < -0.39 is 0 Å². The van der Waals surface area contributed by atoms with Gasteiger partial charge in [-0.25, -0.2) is 9.37 Å². The molecule has 0 aliphatic rings. The Balaban J connectivity index is 2.39. The van der Waals surface area contributed by atoms with Gasteiger partial charge >= 0.3 is 0 Å². The number of alkyl halides is 1. The van der Waals surface area contributed by atoms with E-state index >= 15 is 0 Å². The maximum absolute atomic E-state index is 13.9.